The summed E-state index contributed by atoms with van der Waals surface area (Å²) >= 11 is 3.51. The molecule has 0 saturated carbocycles. The van der Waals surface area contributed by atoms with E-state index in [4.69, 9.17) is 19.6 Å². The molecule has 0 radical (unpaired) electrons. The van der Waals surface area contributed by atoms with Crippen molar-refractivity contribution in [1.29, 1.82) is 0 Å². The van der Waals surface area contributed by atoms with Crippen LogP contribution >= 0.6 is 15.9 Å². The number of halogens is 1. The van der Waals surface area contributed by atoms with Crippen molar-refractivity contribution in [1.82, 2.24) is 5.43 Å². The van der Waals surface area contributed by atoms with Gasteiger partial charge in [-0.3, -0.25) is 5.43 Å². The molecule has 0 spiro atoms. The van der Waals surface area contributed by atoms with E-state index in [-0.39, 0.29) is 0 Å². The second kappa shape index (κ2) is 9.69. The molecule has 1 aliphatic heterocycles. The molecular formula is C28H24BrN3O2. The van der Waals surface area contributed by atoms with Crippen LogP contribution in [0.3, 0.4) is 0 Å². The van der Waals surface area contributed by atoms with Crippen molar-refractivity contribution in [2.24, 2.45) is 10.1 Å². The maximum Gasteiger partial charge on any atom is 0.161 e. The third-order valence-corrected chi connectivity index (χ3v) is 6.12. The summed E-state index contributed by atoms with van der Waals surface area (Å²) in [5.41, 5.74) is 7.71. The number of hydrogen-bond donors (Lipinski definition) is 1. The summed E-state index contributed by atoms with van der Waals surface area (Å²) in [4.78, 5) is 5.07. The van der Waals surface area contributed by atoms with Crippen LogP contribution in [0.25, 0.3) is 10.8 Å². The number of benzene rings is 4. The van der Waals surface area contributed by atoms with Crippen LogP contribution in [-0.2, 0) is 0 Å². The van der Waals surface area contributed by atoms with Crippen molar-refractivity contribution in [2.75, 3.05) is 13.2 Å². The Balaban J connectivity index is 1.70. The number of aliphatic imine (C=N–C) groups is 1. The van der Waals surface area contributed by atoms with E-state index in [2.05, 4.69) is 45.6 Å². The average molecular weight is 514 g/mol. The Kier molecular flexibility index (Phi) is 6.32. The lowest BCUT2D eigenvalue weighted by Gasteiger charge is -2.14. The van der Waals surface area contributed by atoms with Gasteiger partial charge in [0.1, 0.15) is 5.71 Å². The molecule has 1 N–H and O–H groups in total. The smallest absolute Gasteiger partial charge is 0.161 e. The fourth-order valence-electron chi connectivity index (χ4n) is 4.03. The summed E-state index contributed by atoms with van der Waals surface area (Å²) in [6, 6.07) is 26.5. The molecule has 5 nitrogen and oxygen atoms in total. The Morgan fingerprint density at radius 3 is 2.32 bits per heavy atom. The molecule has 1 aliphatic rings. The minimum atomic E-state index is 0.548. The van der Waals surface area contributed by atoms with E-state index in [9.17, 15) is 0 Å². The number of nitrogens with one attached hydrogen (secondary N) is 1. The molecule has 0 unspecified atom stereocenters. The number of ether oxygens (including phenoxy) is 2. The first-order valence-electron chi connectivity index (χ1n) is 11.3. The van der Waals surface area contributed by atoms with Crippen LogP contribution in [0.4, 0.5) is 5.69 Å². The predicted octanol–water partition coefficient (Wildman–Crippen LogP) is 6.83. The highest BCUT2D eigenvalue weighted by Gasteiger charge is 2.20. The highest BCUT2D eigenvalue weighted by atomic mass is 79.9. The zero-order valence-corrected chi connectivity index (χ0v) is 20.6. The molecule has 4 aromatic rings. The van der Waals surface area contributed by atoms with Gasteiger partial charge in [0.25, 0.3) is 0 Å². The van der Waals surface area contributed by atoms with Crippen LogP contribution in [-0.4, -0.2) is 24.8 Å². The molecule has 0 aromatic heterocycles. The zero-order valence-electron chi connectivity index (χ0n) is 19.0. The molecule has 0 bridgehead atoms. The highest BCUT2D eigenvalue weighted by molar-refractivity contribution is 9.10. The van der Waals surface area contributed by atoms with E-state index in [0.29, 0.717) is 24.8 Å². The van der Waals surface area contributed by atoms with Crippen molar-refractivity contribution < 1.29 is 9.47 Å². The van der Waals surface area contributed by atoms with Gasteiger partial charge in [-0.15, -0.1) is 0 Å². The molecule has 5 rings (SSSR count). The van der Waals surface area contributed by atoms with Gasteiger partial charge in [0, 0.05) is 26.5 Å². The van der Waals surface area contributed by atoms with Gasteiger partial charge < -0.3 is 9.47 Å². The number of hydrazone groups is 1. The Morgan fingerprint density at radius 1 is 0.794 bits per heavy atom. The maximum absolute atomic E-state index is 5.88. The second-order valence-electron chi connectivity index (χ2n) is 7.75. The van der Waals surface area contributed by atoms with E-state index in [1.54, 1.807) is 0 Å². The maximum atomic E-state index is 5.88. The summed E-state index contributed by atoms with van der Waals surface area (Å²) in [7, 11) is 0. The Bertz CT molecular complexity index is 1410. The van der Waals surface area contributed by atoms with Gasteiger partial charge in [0.15, 0.2) is 17.3 Å². The van der Waals surface area contributed by atoms with Gasteiger partial charge in [-0.25, -0.2) is 4.99 Å². The molecule has 34 heavy (non-hydrogen) atoms. The van der Waals surface area contributed by atoms with Gasteiger partial charge in [-0.05, 0) is 55.6 Å². The Hall–Kier alpha value is -3.64. The molecule has 6 heteroatoms. The molecular weight excluding hydrogens is 490 g/mol. The number of rotatable bonds is 6. The van der Waals surface area contributed by atoms with Crippen molar-refractivity contribution in [3.8, 4) is 11.5 Å². The monoisotopic (exact) mass is 513 g/mol. The largest absolute Gasteiger partial charge is 0.490 e. The van der Waals surface area contributed by atoms with E-state index >= 15 is 0 Å². The normalized spacial score (nSPS) is 12.8. The van der Waals surface area contributed by atoms with E-state index in [1.807, 2.05) is 68.4 Å². The fraction of sp³-hybridized carbons (Fsp3) is 0.143. The molecule has 170 valence electrons. The van der Waals surface area contributed by atoms with Crippen molar-refractivity contribution >= 4 is 43.9 Å². The Labute approximate surface area is 207 Å². The molecule has 0 aliphatic carbocycles. The first kappa shape index (κ1) is 22.2. The third kappa shape index (κ3) is 4.29. The first-order chi connectivity index (χ1) is 16.7. The fourth-order valence-corrected chi connectivity index (χ4v) is 4.29. The SMILES string of the molecule is CCOc1ccc(C2=NNC(c3ccc(Br)cc3)=Nc3c2ccc2ccccc32)cc1OCC. The number of nitrogens with zero attached hydrogens (tertiary/aromatic N) is 2. The van der Waals surface area contributed by atoms with Gasteiger partial charge >= 0.3 is 0 Å². The van der Waals surface area contributed by atoms with Crippen LogP contribution in [0.5, 0.6) is 11.5 Å². The van der Waals surface area contributed by atoms with E-state index < -0.39 is 0 Å². The number of amidine groups is 1. The predicted molar refractivity (Wildman–Crippen MR) is 142 cm³/mol. The van der Waals surface area contributed by atoms with Crippen LogP contribution in [0.1, 0.15) is 30.5 Å². The summed E-state index contributed by atoms with van der Waals surface area (Å²) in [5.74, 6) is 2.11. The molecule has 4 aromatic carbocycles. The summed E-state index contributed by atoms with van der Waals surface area (Å²) in [6.07, 6.45) is 0. The summed E-state index contributed by atoms with van der Waals surface area (Å²) < 4.78 is 12.7. The average Bonchev–Trinajstić information content (AvgIpc) is 3.06. The highest BCUT2D eigenvalue weighted by Crippen LogP contribution is 2.36. The zero-order chi connectivity index (χ0) is 23.5. The van der Waals surface area contributed by atoms with Gasteiger partial charge in [0.05, 0.1) is 18.9 Å². The van der Waals surface area contributed by atoms with Crippen LogP contribution in [0.2, 0.25) is 0 Å². The molecule has 0 atom stereocenters. The molecule has 0 fully saturated rings. The van der Waals surface area contributed by atoms with Gasteiger partial charge in [0.2, 0.25) is 0 Å². The lowest BCUT2D eigenvalue weighted by atomic mass is 9.96. The molecule has 0 saturated heterocycles. The summed E-state index contributed by atoms with van der Waals surface area (Å²) in [5, 5.41) is 7.03. The van der Waals surface area contributed by atoms with E-state index in [1.165, 1.54) is 0 Å². The molecule has 0 amide bonds. The van der Waals surface area contributed by atoms with Crippen molar-refractivity contribution in [3.63, 3.8) is 0 Å². The second-order valence-corrected chi connectivity index (χ2v) is 8.67. The van der Waals surface area contributed by atoms with Crippen LogP contribution in [0.15, 0.2) is 93.4 Å². The standard InChI is InChI=1S/C28H24BrN3O2/c1-3-33-24-16-12-20(17-25(24)34-4-2)26-23-15-11-18-7-5-6-8-22(18)27(23)30-28(32-31-26)19-9-13-21(29)14-10-19/h5-17H,3-4H2,1-2H3,(H,30,32). The number of hydrogen-bond acceptors (Lipinski definition) is 5. The number of fused-ring (bicyclic) bond motifs is 3. The molecule has 1 heterocycles. The third-order valence-electron chi connectivity index (χ3n) is 5.59. The minimum absolute atomic E-state index is 0.548. The van der Waals surface area contributed by atoms with Gasteiger partial charge in [-0.2, -0.15) is 5.10 Å². The lowest BCUT2D eigenvalue weighted by molar-refractivity contribution is 0.287. The van der Waals surface area contributed by atoms with Crippen molar-refractivity contribution in [2.45, 2.75) is 13.8 Å². The Morgan fingerprint density at radius 2 is 1.53 bits per heavy atom. The van der Waals surface area contributed by atoms with Crippen LogP contribution < -0.4 is 14.9 Å². The van der Waals surface area contributed by atoms with Crippen LogP contribution in [0, 0.1) is 0 Å². The van der Waals surface area contributed by atoms with E-state index in [0.717, 1.165) is 49.1 Å². The lowest BCUT2D eigenvalue weighted by Crippen LogP contribution is -2.19. The minimum Gasteiger partial charge on any atom is -0.490 e. The van der Waals surface area contributed by atoms with Gasteiger partial charge in [-0.1, -0.05) is 58.4 Å². The quantitative estimate of drug-likeness (QED) is 0.307. The topological polar surface area (TPSA) is 55.2 Å². The van der Waals surface area contributed by atoms with Crippen molar-refractivity contribution in [3.05, 3.63) is 100 Å². The first-order valence-corrected chi connectivity index (χ1v) is 12.1. The summed E-state index contributed by atoms with van der Waals surface area (Å²) in [6.45, 7) is 5.05.